The molecule has 0 fully saturated rings. The summed E-state index contributed by atoms with van der Waals surface area (Å²) in [6, 6.07) is 11.8. The van der Waals surface area contributed by atoms with Gasteiger partial charge in [0.25, 0.3) is 0 Å². The van der Waals surface area contributed by atoms with Crippen LogP contribution in [0, 0.1) is 6.92 Å². The summed E-state index contributed by atoms with van der Waals surface area (Å²) < 4.78 is 16.2. The fourth-order valence-electron chi connectivity index (χ4n) is 3.69. The number of aryl methyl sites for hydroxylation is 1. The lowest BCUT2D eigenvalue weighted by Gasteiger charge is -2.16. The van der Waals surface area contributed by atoms with E-state index in [1.165, 1.54) is 10.9 Å². The molecule has 1 heterocycles. The topological polar surface area (TPSA) is 84.6 Å². The lowest BCUT2D eigenvalue weighted by Crippen LogP contribution is -2.37. The largest absolute Gasteiger partial charge is 0.493 e. The zero-order chi connectivity index (χ0) is 21.5. The van der Waals surface area contributed by atoms with Gasteiger partial charge in [0.1, 0.15) is 0 Å². The second kappa shape index (κ2) is 9.91. The Kier molecular flexibility index (Phi) is 7.06. The Morgan fingerprint density at radius 1 is 0.900 bits per heavy atom. The molecule has 7 nitrogen and oxygen atoms in total. The SMILES string of the molecule is COc1ccc(CCNC(=O)NCCc2c(C)[nH]c3ccccc23)c(OC)c1OC. The molecule has 0 aliphatic carbocycles. The van der Waals surface area contributed by atoms with Crippen LogP contribution >= 0.6 is 0 Å². The minimum Gasteiger partial charge on any atom is -0.493 e. The van der Waals surface area contributed by atoms with Gasteiger partial charge < -0.3 is 29.8 Å². The number of urea groups is 1. The van der Waals surface area contributed by atoms with Crippen LogP contribution in [0.2, 0.25) is 0 Å². The predicted molar refractivity (Wildman–Crippen MR) is 118 cm³/mol. The maximum atomic E-state index is 12.2. The van der Waals surface area contributed by atoms with E-state index in [0.717, 1.165) is 23.2 Å². The standard InChI is InChI=1S/C23H29N3O4/c1-15-17(18-7-5-6-8-19(18)26-15)12-14-25-23(27)24-13-11-16-9-10-20(28-2)22(30-4)21(16)29-3/h5-10,26H,11-14H2,1-4H3,(H2,24,25,27). The van der Waals surface area contributed by atoms with Crippen LogP contribution in [-0.4, -0.2) is 45.4 Å². The Bertz CT molecular complexity index is 1010. The molecular weight excluding hydrogens is 382 g/mol. The first kappa shape index (κ1) is 21.4. The molecule has 7 heteroatoms. The Labute approximate surface area is 176 Å². The van der Waals surface area contributed by atoms with Crippen molar-refractivity contribution >= 4 is 16.9 Å². The maximum absolute atomic E-state index is 12.2. The molecule has 0 radical (unpaired) electrons. The molecule has 0 aliphatic rings. The zero-order valence-corrected chi connectivity index (χ0v) is 17.9. The predicted octanol–water partition coefficient (Wildman–Crippen LogP) is 3.59. The molecular formula is C23H29N3O4. The van der Waals surface area contributed by atoms with Crippen molar-refractivity contribution in [2.75, 3.05) is 34.4 Å². The molecule has 0 unspecified atom stereocenters. The van der Waals surface area contributed by atoms with Crippen LogP contribution in [0.1, 0.15) is 16.8 Å². The molecule has 3 rings (SSSR count). The average Bonchev–Trinajstić information content (AvgIpc) is 3.08. The van der Waals surface area contributed by atoms with Crippen LogP contribution in [0.15, 0.2) is 36.4 Å². The van der Waals surface area contributed by atoms with Gasteiger partial charge in [-0.15, -0.1) is 0 Å². The number of H-pyrrole nitrogens is 1. The van der Waals surface area contributed by atoms with E-state index in [1.54, 1.807) is 21.3 Å². The number of amides is 2. The lowest BCUT2D eigenvalue weighted by atomic mass is 10.1. The molecule has 0 saturated heterocycles. The number of aromatic amines is 1. The normalized spacial score (nSPS) is 10.7. The summed E-state index contributed by atoms with van der Waals surface area (Å²) in [6.45, 7) is 3.10. The molecule has 30 heavy (non-hydrogen) atoms. The summed E-state index contributed by atoms with van der Waals surface area (Å²) >= 11 is 0. The molecule has 0 bridgehead atoms. The molecule has 1 aromatic heterocycles. The van der Waals surface area contributed by atoms with E-state index in [0.29, 0.717) is 36.8 Å². The molecule has 0 spiro atoms. The summed E-state index contributed by atoms with van der Waals surface area (Å²) in [7, 11) is 4.75. The fourth-order valence-corrected chi connectivity index (χ4v) is 3.69. The summed E-state index contributed by atoms with van der Waals surface area (Å²) in [5, 5.41) is 7.03. The van der Waals surface area contributed by atoms with Gasteiger partial charge in [0.2, 0.25) is 5.75 Å². The van der Waals surface area contributed by atoms with Crippen LogP contribution in [0.5, 0.6) is 17.2 Å². The molecule has 0 atom stereocenters. The Hall–Kier alpha value is -3.35. The second-order valence-electron chi connectivity index (χ2n) is 6.95. The molecule has 2 aromatic carbocycles. The highest BCUT2D eigenvalue weighted by molar-refractivity contribution is 5.84. The van der Waals surface area contributed by atoms with Crippen molar-refractivity contribution in [3.8, 4) is 17.2 Å². The van der Waals surface area contributed by atoms with Crippen molar-refractivity contribution in [2.24, 2.45) is 0 Å². The molecule has 3 N–H and O–H groups in total. The van der Waals surface area contributed by atoms with Crippen LogP contribution in [0.25, 0.3) is 10.9 Å². The monoisotopic (exact) mass is 411 g/mol. The number of nitrogens with one attached hydrogen (secondary N) is 3. The van der Waals surface area contributed by atoms with E-state index in [1.807, 2.05) is 24.3 Å². The van der Waals surface area contributed by atoms with Crippen molar-refractivity contribution in [3.63, 3.8) is 0 Å². The number of carbonyl (C=O) groups is 1. The van der Waals surface area contributed by atoms with Gasteiger partial charge in [-0.25, -0.2) is 4.79 Å². The minimum atomic E-state index is -0.188. The molecule has 2 amide bonds. The highest BCUT2D eigenvalue weighted by Gasteiger charge is 2.15. The minimum absolute atomic E-state index is 0.188. The van der Waals surface area contributed by atoms with Gasteiger partial charge in [0.05, 0.1) is 21.3 Å². The summed E-state index contributed by atoms with van der Waals surface area (Å²) in [5.41, 5.74) is 4.43. The van der Waals surface area contributed by atoms with Crippen LogP contribution in [0.3, 0.4) is 0 Å². The first-order chi connectivity index (χ1) is 14.6. The third-order valence-corrected chi connectivity index (χ3v) is 5.15. The van der Waals surface area contributed by atoms with Crippen molar-refractivity contribution in [1.82, 2.24) is 15.6 Å². The van der Waals surface area contributed by atoms with Gasteiger partial charge in [-0.05, 0) is 37.5 Å². The number of benzene rings is 2. The van der Waals surface area contributed by atoms with E-state index in [4.69, 9.17) is 14.2 Å². The number of hydrogen-bond acceptors (Lipinski definition) is 4. The van der Waals surface area contributed by atoms with Crippen molar-refractivity contribution in [1.29, 1.82) is 0 Å². The van der Waals surface area contributed by atoms with Crippen LogP contribution < -0.4 is 24.8 Å². The quantitative estimate of drug-likeness (QED) is 0.502. The van der Waals surface area contributed by atoms with Crippen LogP contribution in [0.4, 0.5) is 4.79 Å². The van der Waals surface area contributed by atoms with E-state index in [9.17, 15) is 4.79 Å². The van der Waals surface area contributed by atoms with Gasteiger partial charge in [0.15, 0.2) is 11.5 Å². The van der Waals surface area contributed by atoms with E-state index in [2.05, 4.69) is 34.7 Å². The number of rotatable bonds is 9. The summed E-state index contributed by atoms with van der Waals surface area (Å²) in [5.74, 6) is 1.78. The van der Waals surface area contributed by atoms with E-state index < -0.39 is 0 Å². The number of ether oxygens (including phenoxy) is 3. The van der Waals surface area contributed by atoms with E-state index in [-0.39, 0.29) is 6.03 Å². The third-order valence-electron chi connectivity index (χ3n) is 5.15. The van der Waals surface area contributed by atoms with Gasteiger partial charge in [-0.1, -0.05) is 24.3 Å². The van der Waals surface area contributed by atoms with Crippen LogP contribution in [-0.2, 0) is 12.8 Å². The summed E-state index contributed by atoms with van der Waals surface area (Å²) in [4.78, 5) is 15.6. The second-order valence-corrected chi connectivity index (χ2v) is 6.95. The van der Waals surface area contributed by atoms with Gasteiger partial charge in [-0.2, -0.15) is 0 Å². The molecule has 0 saturated carbocycles. The van der Waals surface area contributed by atoms with Gasteiger partial charge in [-0.3, -0.25) is 0 Å². The highest BCUT2D eigenvalue weighted by atomic mass is 16.5. The first-order valence-electron chi connectivity index (χ1n) is 9.94. The number of carbonyl (C=O) groups excluding carboxylic acids is 1. The fraction of sp³-hybridized carbons (Fsp3) is 0.348. The van der Waals surface area contributed by atoms with Gasteiger partial charge in [0, 0.05) is 35.2 Å². The third kappa shape index (κ3) is 4.62. The maximum Gasteiger partial charge on any atom is 0.314 e. The lowest BCUT2D eigenvalue weighted by molar-refractivity contribution is 0.241. The number of fused-ring (bicyclic) bond motifs is 1. The highest BCUT2D eigenvalue weighted by Crippen LogP contribution is 2.39. The number of methoxy groups -OCH3 is 3. The van der Waals surface area contributed by atoms with Crippen molar-refractivity contribution in [2.45, 2.75) is 19.8 Å². The number of hydrogen-bond donors (Lipinski definition) is 3. The summed E-state index contributed by atoms with van der Waals surface area (Å²) in [6.07, 6.45) is 1.38. The average molecular weight is 412 g/mol. The smallest absolute Gasteiger partial charge is 0.314 e. The number of para-hydroxylation sites is 1. The molecule has 160 valence electrons. The van der Waals surface area contributed by atoms with E-state index >= 15 is 0 Å². The Balaban J connectivity index is 1.50. The Morgan fingerprint density at radius 3 is 2.30 bits per heavy atom. The zero-order valence-electron chi connectivity index (χ0n) is 17.9. The number of aromatic nitrogens is 1. The molecule has 0 aliphatic heterocycles. The Morgan fingerprint density at radius 2 is 1.60 bits per heavy atom. The molecule has 3 aromatic rings. The van der Waals surface area contributed by atoms with Crippen molar-refractivity contribution < 1.29 is 19.0 Å². The van der Waals surface area contributed by atoms with Gasteiger partial charge >= 0.3 is 6.03 Å². The first-order valence-corrected chi connectivity index (χ1v) is 9.94. The van der Waals surface area contributed by atoms with Crippen molar-refractivity contribution in [3.05, 3.63) is 53.2 Å².